The summed E-state index contributed by atoms with van der Waals surface area (Å²) in [6.07, 6.45) is 0. The lowest BCUT2D eigenvalue weighted by molar-refractivity contribution is 0.0820. The molecular formula is C15H25N3O2. The van der Waals surface area contributed by atoms with Crippen LogP contribution >= 0.6 is 0 Å². The van der Waals surface area contributed by atoms with Gasteiger partial charge in [0.1, 0.15) is 5.82 Å². The number of nitrogens with one attached hydrogen (secondary N) is 2. The molecule has 0 radical (unpaired) electrons. The third-order valence-corrected chi connectivity index (χ3v) is 2.91. The Morgan fingerprint density at radius 1 is 1.40 bits per heavy atom. The Morgan fingerprint density at radius 3 is 2.55 bits per heavy atom. The fourth-order valence-electron chi connectivity index (χ4n) is 1.88. The highest BCUT2D eigenvalue weighted by molar-refractivity contribution is 5.95. The number of rotatable bonds is 6. The monoisotopic (exact) mass is 279 g/mol. The molecule has 0 aliphatic carbocycles. The van der Waals surface area contributed by atoms with E-state index < -0.39 is 5.54 Å². The van der Waals surface area contributed by atoms with E-state index in [0.717, 1.165) is 5.69 Å². The highest BCUT2D eigenvalue weighted by atomic mass is 16.5. The van der Waals surface area contributed by atoms with Crippen LogP contribution in [0.4, 0.5) is 5.82 Å². The molecule has 0 unspecified atom stereocenters. The minimum absolute atomic E-state index is 0.118. The normalized spacial score (nSPS) is 11.6. The molecule has 2 N–H and O–H groups in total. The zero-order chi connectivity index (χ0) is 15.3. The first-order chi connectivity index (χ1) is 9.29. The predicted octanol–water partition coefficient (Wildman–Crippen LogP) is 2.40. The fraction of sp³-hybridized carbons (Fsp3) is 0.600. The Morgan fingerprint density at radius 2 is 2.05 bits per heavy atom. The Balaban J connectivity index is 3.00. The van der Waals surface area contributed by atoms with Crippen LogP contribution in [0.15, 0.2) is 12.1 Å². The number of nitrogens with zero attached hydrogens (tertiary/aromatic N) is 1. The van der Waals surface area contributed by atoms with Gasteiger partial charge in [-0.1, -0.05) is 13.8 Å². The van der Waals surface area contributed by atoms with Crippen molar-refractivity contribution in [3.05, 3.63) is 23.4 Å². The second kappa shape index (κ2) is 6.70. The van der Waals surface area contributed by atoms with Crippen molar-refractivity contribution in [2.75, 3.05) is 26.1 Å². The average Bonchev–Trinajstić information content (AvgIpc) is 2.37. The van der Waals surface area contributed by atoms with Gasteiger partial charge in [-0.15, -0.1) is 0 Å². The lowest BCUT2D eigenvalue weighted by Crippen LogP contribution is -2.46. The van der Waals surface area contributed by atoms with Crippen LogP contribution in [0.25, 0.3) is 0 Å². The molecule has 1 heterocycles. The second-order valence-electron chi connectivity index (χ2n) is 5.84. The summed E-state index contributed by atoms with van der Waals surface area (Å²) in [6, 6.07) is 3.59. The molecule has 5 heteroatoms. The summed E-state index contributed by atoms with van der Waals surface area (Å²) in [7, 11) is 3.42. The standard InChI is InChI=1S/C15H25N3O2/c1-10(2)12-7-11(8-13(16-5)17-12)14(19)18-15(3,4)9-20-6/h7-8,10H,9H2,1-6H3,(H,16,17)(H,18,19). The highest BCUT2D eigenvalue weighted by Gasteiger charge is 2.22. The average molecular weight is 279 g/mol. The Labute approximate surface area is 121 Å². The summed E-state index contributed by atoms with van der Waals surface area (Å²) >= 11 is 0. The number of hydrogen-bond acceptors (Lipinski definition) is 4. The zero-order valence-electron chi connectivity index (χ0n) is 13.2. The second-order valence-corrected chi connectivity index (χ2v) is 5.84. The Kier molecular flexibility index (Phi) is 5.51. The first-order valence-electron chi connectivity index (χ1n) is 6.80. The van der Waals surface area contributed by atoms with Gasteiger partial charge in [-0.25, -0.2) is 4.98 Å². The van der Waals surface area contributed by atoms with E-state index in [1.54, 1.807) is 20.2 Å². The summed E-state index contributed by atoms with van der Waals surface area (Å²) in [5.41, 5.74) is 1.09. The van der Waals surface area contributed by atoms with Crippen molar-refractivity contribution >= 4 is 11.7 Å². The summed E-state index contributed by atoms with van der Waals surface area (Å²) < 4.78 is 5.11. The third-order valence-electron chi connectivity index (χ3n) is 2.91. The molecule has 0 fully saturated rings. The zero-order valence-corrected chi connectivity index (χ0v) is 13.2. The molecule has 0 bridgehead atoms. The smallest absolute Gasteiger partial charge is 0.251 e. The van der Waals surface area contributed by atoms with Crippen molar-refractivity contribution in [2.45, 2.75) is 39.2 Å². The minimum Gasteiger partial charge on any atom is -0.382 e. The van der Waals surface area contributed by atoms with Gasteiger partial charge in [0.2, 0.25) is 0 Å². The molecule has 1 aromatic heterocycles. The molecule has 0 saturated carbocycles. The van der Waals surface area contributed by atoms with Crippen LogP contribution in [-0.4, -0.2) is 37.2 Å². The first kappa shape index (κ1) is 16.4. The van der Waals surface area contributed by atoms with E-state index in [4.69, 9.17) is 4.74 Å². The number of hydrogen-bond donors (Lipinski definition) is 2. The van der Waals surface area contributed by atoms with E-state index in [2.05, 4.69) is 29.5 Å². The maximum absolute atomic E-state index is 12.4. The number of amides is 1. The molecule has 1 aromatic rings. The maximum Gasteiger partial charge on any atom is 0.251 e. The third kappa shape index (κ3) is 4.49. The van der Waals surface area contributed by atoms with Gasteiger partial charge in [-0.05, 0) is 31.9 Å². The van der Waals surface area contributed by atoms with Crippen LogP contribution in [0.5, 0.6) is 0 Å². The molecule has 0 aromatic carbocycles. The number of carbonyl (C=O) groups is 1. The van der Waals surface area contributed by atoms with Gasteiger partial charge >= 0.3 is 0 Å². The van der Waals surface area contributed by atoms with Crippen LogP contribution < -0.4 is 10.6 Å². The van der Waals surface area contributed by atoms with Crippen LogP contribution in [0, 0.1) is 0 Å². The molecule has 112 valence electrons. The molecule has 5 nitrogen and oxygen atoms in total. The van der Waals surface area contributed by atoms with Crippen molar-refractivity contribution in [3.8, 4) is 0 Å². The van der Waals surface area contributed by atoms with Gasteiger partial charge in [0.05, 0.1) is 12.1 Å². The van der Waals surface area contributed by atoms with Gasteiger partial charge in [-0.3, -0.25) is 4.79 Å². The number of carbonyl (C=O) groups excluding carboxylic acids is 1. The van der Waals surface area contributed by atoms with Crippen molar-refractivity contribution in [1.29, 1.82) is 0 Å². The Hall–Kier alpha value is -1.62. The topological polar surface area (TPSA) is 63.2 Å². The van der Waals surface area contributed by atoms with E-state index in [9.17, 15) is 4.79 Å². The molecule has 0 spiro atoms. The van der Waals surface area contributed by atoms with Crippen LogP contribution in [0.2, 0.25) is 0 Å². The number of ether oxygens (including phenoxy) is 1. The molecule has 0 atom stereocenters. The number of methoxy groups -OCH3 is 1. The number of anilines is 1. The molecule has 20 heavy (non-hydrogen) atoms. The van der Waals surface area contributed by atoms with Crippen molar-refractivity contribution < 1.29 is 9.53 Å². The maximum atomic E-state index is 12.4. The molecule has 0 saturated heterocycles. The van der Waals surface area contributed by atoms with E-state index in [-0.39, 0.29) is 11.8 Å². The predicted molar refractivity (Wildman–Crippen MR) is 81.3 cm³/mol. The quantitative estimate of drug-likeness (QED) is 0.839. The van der Waals surface area contributed by atoms with Crippen LogP contribution in [0.1, 0.15) is 49.7 Å². The molecular weight excluding hydrogens is 254 g/mol. The van der Waals surface area contributed by atoms with Gasteiger partial charge in [0.15, 0.2) is 0 Å². The van der Waals surface area contributed by atoms with Crippen LogP contribution in [-0.2, 0) is 4.74 Å². The van der Waals surface area contributed by atoms with E-state index >= 15 is 0 Å². The van der Waals surface area contributed by atoms with E-state index in [0.29, 0.717) is 18.0 Å². The summed E-state index contributed by atoms with van der Waals surface area (Å²) in [5.74, 6) is 0.848. The van der Waals surface area contributed by atoms with Crippen molar-refractivity contribution in [3.63, 3.8) is 0 Å². The summed E-state index contributed by atoms with van der Waals surface area (Å²) in [5, 5.41) is 5.96. The lowest BCUT2D eigenvalue weighted by Gasteiger charge is -2.25. The lowest BCUT2D eigenvalue weighted by atomic mass is 10.0. The Bertz CT molecular complexity index is 470. The first-order valence-corrected chi connectivity index (χ1v) is 6.80. The SMILES string of the molecule is CNc1cc(C(=O)NC(C)(C)COC)cc(C(C)C)n1. The van der Waals surface area contributed by atoms with Gasteiger partial charge in [0.25, 0.3) is 5.91 Å². The molecule has 1 amide bonds. The largest absolute Gasteiger partial charge is 0.382 e. The van der Waals surface area contributed by atoms with Crippen LogP contribution in [0.3, 0.4) is 0 Å². The van der Waals surface area contributed by atoms with Gasteiger partial charge in [0, 0.05) is 25.4 Å². The molecule has 0 aliphatic heterocycles. The van der Waals surface area contributed by atoms with Gasteiger partial charge < -0.3 is 15.4 Å². The van der Waals surface area contributed by atoms with E-state index in [1.807, 2.05) is 19.9 Å². The van der Waals surface area contributed by atoms with Gasteiger partial charge in [-0.2, -0.15) is 0 Å². The van der Waals surface area contributed by atoms with Crippen molar-refractivity contribution in [2.24, 2.45) is 0 Å². The summed E-state index contributed by atoms with van der Waals surface area (Å²) in [6.45, 7) is 8.42. The minimum atomic E-state index is -0.410. The number of pyridine rings is 1. The fourth-order valence-corrected chi connectivity index (χ4v) is 1.88. The van der Waals surface area contributed by atoms with Crippen molar-refractivity contribution in [1.82, 2.24) is 10.3 Å². The summed E-state index contributed by atoms with van der Waals surface area (Å²) in [4.78, 5) is 16.8. The molecule has 1 rings (SSSR count). The number of aromatic nitrogens is 1. The molecule has 0 aliphatic rings. The highest BCUT2D eigenvalue weighted by Crippen LogP contribution is 2.18. The van der Waals surface area contributed by atoms with E-state index in [1.165, 1.54) is 0 Å².